The monoisotopic (exact) mass is 219 g/mol. The molecule has 5 N–H and O–H groups in total. The van der Waals surface area contributed by atoms with Gasteiger partial charge in [-0.05, 0) is 30.5 Å². The van der Waals surface area contributed by atoms with Gasteiger partial charge in [-0.2, -0.15) is 0 Å². The summed E-state index contributed by atoms with van der Waals surface area (Å²) in [4.78, 5) is 10.8. The first-order valence-corrected chi connectivity index (χ1v) is 5.56. The number of hydrogen-bond acceptors (Lipinski definition) is 2. The summed E-state index contributed by atoms with van der Waals surface area (Å²) in [6.07, 6.45) is 4.36. The smallest absolute Gasteiger partial charge is 0.316 e. The van der Waals surface area contributed by atoms with E-state index in [1.165, 1.54) is 12.8 Å². The second kappa shape index (κ2) is 4.14. The number of rotatable bonds is 2. The first-order chi connectivity index (χ1) is 7.60. The summed E-state index contributed by atoms with van der Waals surface area (Å²) in [7, 11) is 0. The van der Waals surface area contributed by atoms with Crippen LogP contribution in [0.1, 0.15) is 31.2 Å². The van der Waals surface area contributed by atoms with Crippen molar-refractivity contribution in [1.29, 1.82) is 0 Å². The third-order valence-electron chi connectivity index (χ3n) is 3.20. The molecule has 1 aliphatic carbocycles. The highest BCUT2D eigenvalue weighted by atomic mass is 16.2. The van der Waals surface area contributed by atoms with Crippen molar-refractivity contribution in [2.24, 2.45) is 11.5 Å². The van der Waals surface area contributed by atoms with Gasteiger partial charge in [0.05, 0.1) is 0 Å². The van der Waals surface area contributed by atoms with Crippen LogP contribution < -0.4 is 16.8 Å². The number of hydrogen-bond donors (Lipinski definition) is 3. The van der Waals surface area contributed by atoms with E-state index in [0.717, 1.165) is 18.4 Å². The number of nitrogens with two attached hydrogens (primary N) is 2. The largest absolute Gasteiger partial charge is 0.351 e. The van der Waals surface area contributed by atoms with E-state index in [0.29, 0.717) is 5.69 Å². The summed E-state index contributed by atoms with van der Waals surface area (Å²) in [5.74, 6) is 0. The van der Waals surface area contributed by atoms with Crippen molar-refractivity contribution in [1.82, 2.24) is 0 Å². The Hall–Kier alpha value is -1.55. The molecule has 1 aliphatic rings. The molecule has 0 saturated heterocycles. The maximum Gasteiger partial charge on any atom is 0.316 e. The molecule has 0 radical (unpaired) electrons. The van der Waals surface area contributed by atoms with Crippen LogP contribution in [0.5, 0.6) is 0 Å². The van der Waals surface area contributed by atoms with Gasteiger partial charge in [-0.3, -0.25) is 0 Å². The van der Waals surface area contributed by atoms with Gasteiger partial charge in [0.15, 0.2) is 0 Å². The van der Waals surface area contributed by atoms with Crippen LogP contribution in [-0.2, 0) is 5.54 Å². The van der Waals surface area contributed by atoms with E-state index in [-0.39, 0.29) is 5.54 Å². The Morgan fingerprint density at radius 3 is 2.62 bits per heavy atom. The van der Waals surface area contributed by atoms with Gasteiger partial charge in [-0.15, -0.1) is 0 Å². The molecule has 1 aromatic rings. The number of amides is 2. The lowest BCUT2D eigenvalue weighted by Gasteiger charge is -2.24. The molecule has 0 bridgehead atoms. The summed E-state index contributed by atoms with van der Waals surface area (Å²) in [6, 6.07) is 7.09. The lowest BCUT2D eigenvalue weighted by atomic mass is 9.89. The fraction of sp³-hybridized carbons (Fsp3) is 0.417. The molecular formula is C12H17N3O. The number of primary amides is 1. The Labute approximate surface area is 95.0 Å². The predicted octanol–water partition coefficient (Wildman–Crippen LogP) is 1.91. The van der Waals surface area contributed by atoms with Gasteiger partial charge in [0.25, 0.3) is 0 Å². The maximum absolute atomic E-state index is 10.8. The van der Waals surface area contributed by atoms with Crippen molar-refractivity contribution in [2.75, 3.05) is 5.32 Å². The van der Waals surface area contributed by atoms with Crippen LogP contribution in [0.4, 0.5) is 10.5 Å². The van der Waals surface area contributed by atoms with E-state index in [4.69, 9.17) is 11.5 Å². The molecule has 4 nitrogen and oxygen atoms in total. The van der Waals surface area contributed by atoms with E-state index >= 15 is 0 Å². The lowest BCUT2D eigenvalue weighted by Crippen LogP contribution is -2.33. The van der Waals surface area contributed by atoms with Crippen LogP contribution in [-0.4, -0.2) is 6.03 Å². The Morgan fingerprint density at radius 1 is 1.31 bits per heavy atom. The maximum atomic E-state index is 10.8. The molecule has 2 amide bonds. The SMILES string of the molecule is NC(=O)Nc1cccc(C2(N)CCCC2)c1. The zero-order valence-electron chi connectivity index (χ0n) is 9.20. The van der Waals surface area contributed by atoms with Gasteiger partial charge >= 0.3 is 6.03 Å². The van der Waals surface area contributed by atoms with E-state index in [1.54, 1.807) is 0 Å². The first-order valence-electron chi connectivity index (χ1n) is 5.56. The molecule has 1 fully saturated rings. The Kier molecular flexibility index (Phi) is 2.83. The zero-order chi connectivity index (χ0) is 11.6. The normalized spacial score (nSPS) is 18.3. The lowest BCUT2D eigenvalue weighted by molar-refractivity contribution is 0.259. The summed E-state index contributed by atoms with van der Waals surface area (Å²) in [5, 5.41) is 2.57. The number of anilines is 1. The van der Waals surface area contributed by atoms with Crippen molar-refractivity contribution in [2.45, 2.75) is 31.2 Å². The highest BCUT2D eigenvalue weighted by molar-refractivity contribution is 5.87. The van der Waals surface area contributed by atoms with Gasteiger partial charge in [-0.1, -0.05) is 25.0 Å². The predicted molar refractivity (Wildman–Crippen MR) is 64.0 cm³/mol. The number of benzene rings is 1. The van der Waals surface area contributed by atoms with Crippen molar-refractivity contribution in [3.05, 3.63) is 29.8 Å². The summed E-state index contributed by atoms with van der Waals surface area (Å²) >= 11 is 0. The second-order valence-electron chi connectivity index (χ2n) is 4.43. The van der Waals surface area contributed by atoms with Crippen molar-refractivity contribution in [3.63, 3.8) is 0 Å². The standard InChI is InChI=1S/C12H17N3O/c13-11(16)15-10-5-3-4-9(8-10)12(14)6-1-2-7-12/h3-5,8H,1-2,6-7,14H2,(H3,13,15,16). The average molecular weight is 219 g/mol. The molecule has 0 atom stereocenters. The van der Waals surface area contributed by atoms with Crippen LogP contribution in [0.2, 0.25) is 0 Å². The molecule has 0 aliphatic heterocycles. The zero-order valence-corrected chi connectivity index (χ0v) is 9.20. The molecular weight excluding hydrogens is 202 g/mol. The third-order valence-corrected chi connectivity index (χ3v) is 3.20. The van der Waals surface area contributed by atoms with Crippen molar-refractivity contribution < 1.29 is 4.79 Å². The van der Waals surface area contributed by atoms with E-state index < -0.39 is 6.03 Å². The number of carbonyl (C=O) groups excluding carboxylic acids is 1. The van der Waals surface area contributed by atoms with Crippen LogP contribution in [0.3, 0.4) is 0 Å². The Bertz CT molecular complexity index is 397. The van der Waals surface area contributed by atoms with Gasteiger partial charge in [-0.25, -0.2) is 4.79 Å². The van der Waals surface area contributed by atoms with Gasteiger partial charge in [0, 0.05) is 11.2 Å². The fourth-order valence-electron chi connectivity index (χ4n) is 2.34. The van der Waals surface area contributed by atoms with Crippen LogP contribution in [0.15, 0.2) is 24.3 Å². The Morgan fingerprint density at radius 2 is 2.00 bits per heavy atom. The Balaban J connectivity index is 2.24. The highest BCUT2D eigenvalue weighted by Gasteiger charge is 2.31. The molecule has 4 heteroatoms. The van der Waals surface area contributed by atoms with Gasteiger partial charge in [0.2, 0.25) is 0 Å². The van der Waals surface area contributed by atoms with E-state index in [1.807, 2.05) is 24.3 Å². The van der Waals surface area contributed by atoms with Gasteiger partial charge < -0.3 is 16.8 Å². The molecule has 1 aromatic carbocycles. The molecule has 2 rings (SSSR count). The molecule has 0 spiro atoms. The highest BCUT2D eigenvalue weighted by Crippen LogP contribution is 2.36. The van der Waals surface area contributed by atoms with Crippen molar-refractivity contribution >= 4 is 11.7 Å². The molecule has 0 aromatic heterocycles. The van der Waals surface area contributed by atoms with Gasteiger partial charge in [0.1, 0.15) is 0 Å². The number of urea groups is 1. The third kappa shape index (κ3) is 2.17. The minimum absolute atomic E-state index is 0.227. The topological polar surface area (TPSA) is 81.1 Å². The molecule has 0 heterocycles. The van der Waals surface area contributed by atoms with Crippen LogP contribution in [0, 0.1) is 0 Å². The summed E-state index contributed by atoms with van der Waals surface area (Å²) in [5.41, 5.74) is 13.0. The first kappa shape index (κ1) is 11.0. The molecule has 1 saturated carbocycles. The van der Waals surface area contributed by atoms with Crippen molar-refractivity contribution in [3.8, 4) is 0 Å². The molecule has 0 unspecified atom stereocenters. The quantitative estimate of drug-likeness (QED) is 0.710. The minimum Gasteiger partial charge on any atom is -0.351 e. The van der Waals surface area contributed by atoms with E-state index in [2.05, 4.69) is 5.32 Å². The van der Waals surface area contributed by atoms with E-state index in [9.17, 15) is 4.79 Å². The molecule has 86 valence electrons. The summed E-state index contributed by atoms with van der Waals surface area (Å²) in [6.45, 7) is 0. The number of carbonyl (C=O) groups is 1. The van der Waals surface area contributed by atoms with Crippen LogP contribution >= 0.6 is 0 Å². The molecule has 16 heavy (non-hydrogen) atoms. The van der Waals surface area contributed by atoms with Crippen LogP contribution in [0.25, 0.3) is 0 Å². The minimum atomic E-state index is -0.547. The average Bonchev–Trinajstić information content (AvgIpc) is 2.66. The summed E-state index contributed by atoms with van der Waals surface area (Å²) < 4.78 is 0. The second-order valence-corrected chi connectivity index (χ2v) is 4.43. The fourth-order valence-corrected chi connectivity index (χ4v) is 2.34. The number of nitrogens with one attached hydrogen (secondary N) is 1.